The first-order valence-electron chi connectivity index (χ1n) is 6.00. The molecule has 0 bridgehead atoms. The average molecular weight is 328 g/mol. The van der Waals surface area contributed by atoms with Crippen molar-refractivity contribution in [3.8, 4) is 11.1 Å². The molecule has 2 heterocycles. The van der Waals surface area contributed by atoms with Crippen molar-refractivity contribution in [3.05, 3.63) is 48.5 Å². The predicted molar refractivity (Wildman–Crippen MR) is 71.1 cm³/mol. The van der Waals surface area contributed by atoms with Crippen molar-refractivity contribution in [2.24, 2.45) is 0 Å². The van der Waals surface area contributed by atoms with Crippen LogP contribution in [0.2, 0.25) is 0 Å². The van der Waals surface area contributed by atoms with E-state index in [1.165, 1.54) is 6.33 Å². The standard InChI is InChI=1S/C12H9N4.C2H6.Y/c1-9-11(10-5-3-2-4-6-10)7-13-12-14-8-15-16(9)12;1-2;/h2-6,8H,1H3;1-2H3;/q-1;;. The first-order valence-corrected chi connectivity index (χ1v) is 6.00. The molecule has 1 aromatic carbocycles. The molecule has 0 N–H and O–H groups in total. The fourth-order valence-corrected chi connectivity index (χ4v) is 1.72. The van der Waals surface area contributed by atoms with Gasteiger partial charge in [-0.15, -0.1) is 5.56 Å². The predicted octanol–water partition coefficient (Wildman–Crippen LogP) is 2.92. The van der Waals surface area contributed by atoms with E-state index in [9.17, 15) is 0 Å². The van der Waals surface area contributed by atoms with E-state index in [0.29, 0.717) is 5.78 Å². The molecule has 0 aliphatic carbocycles. The van der Waals surface area contributed by atoms with Crippen molar-refractivity contribution in [1.29, 1.82) is 0 Å². The minimum atomic E-state index is 0. The Morgan fingerprint density at radius 3 is 2.47 bits per heavy atom. The molecule has 4 nitrogen and oxygen atoms in total. The van der Waals surface area contributed by atoms with Crippen LogP contribution in [0.1, 0.15) is 19.5 Å². The summed E-state index contributed by atoms with van der Waals surface area (Å²) in [6.07, 6.45) is 4.51. The Balaban J connectivity index is 0.000000576. The van der Waals surface area contributed by atoms with Gasteiger partial charge in [-0.25, -0.2) is 4.98 Å². The fraction of sp³-hybridized carbons (Fsp3) is 0.214. The summed E-state index contributed by atoms with van der Waals surface area (Å²) in [7, 11) is 0. The minimum absolute atomic E-state index is 0. The molecule has 0 unspecified atom stereocenters. The summed E-state index contributed by atoms with van der Waals surface area (Å²) in [6.45, 7) is 5.99. The largest absolute Gasteiger partial charge is 0.318 e. The number of aromatic nitrogens is 4. The van der Waals surface area contributed by atoms with Crippen LogP contribution in [0.3, 0.4) is 0 Å². The van der Waals surface area contributed by atoms with Gasteiger partial charge in [-0.05, 0) is 11.9 Å². The van der Waals surface area contributed by atoms with Crippen molar-refractivity contribution in [2.75, 3.05) is 0 Å². The van der Waals surface area contributed by atoms with Gasteiger partial charge in [0.15, 0.2) is 5.78 Å². The SMILES string of the molecule is CC.Cc1c(-c2ccccc2)[c-]nc2ncnn12.[Y]. The Morgan fingerprint density at radius 2 is 1.79 bits per heavy atom. The van der Waals surface area contributed by atoms with Crippen molar-refractivity contribution < 1.29 is 32.7 Å². The molecule has 0 saturated carbocycles. The summed E-state index contributed by atoms with van der Waals surface area (Å²) in [5.41, 5.74) is 3.04. The first-order chi connectivity index (χ1) is 8.86. The molecule has 0 amide bonds. The number of nitrogens with zero attached hydrogens (tertiary/aromatic N) is 4. The molecule has 19 heavy (non-hydrogen) atoms. The zero-order chi connectivity index (χ0) is 13.0. The van der Waals surface area contributed by atoms with Crippen molar-refractivity contribution in [3.63, 3.8) is 0 Å². The van der Waals surface area contributed by atoms with E-state index in [1.54, 1.807) is 4.52 Å². The zero-order valence-corrected chi connectivity index (χ0v) is 14.2. The van der Waals surface area contributed by atoms with Crippen molar-refractivity contribution in [2.45, 2.75) is 20.8 Å². The molecule has 0 fully saturated rings. The van der Waals surface area contributed by atoms with E-state index in [2.05, 4.69) is 21.3 Å². The minimum Gasteiger partial charge on any atom is -0.318 e. The number of benzene rings is 1. The van der Waals surface area contributed by atoms with E-state index in [0.717, 1.165) is 16.8 Å². The molecule has 95 valence electrons. The maximum atomic E-state index is 4.14. The number of fused-ring (bicyclic) bond motifs is 1. The Morgan fingerprint density at radius 1 is 1.11 bits per heavy atom. The molecule has 1 radical (unpaired) electrons. The molecule has 3 aromatic rings. The van der Waals surface area contributed by atoms with Crippen LogP contribution in [0.25, 0.3) is 16.9 Å². The fourth-order valence-electron chi connectivity index (χ4n) is 1.72. The van der Waals surface area contributed by atoms with Gasteiger partial charge >= 0.3 is 0 Å². The zero-order valence-electron chi connectivity index (χ0n) is 11.3. The summed E-state index contributed by atoms with van der Waals surface area (Å²) in [4.78, 5) is 8.17. The number of rotatable bonds is 1. The van der Waals surface area contributed by atoms with E-state index >= 15 is 0 Å². The third-order valence-corrected chi connectivity index (χ3v) is 2.54. The normalized spacial score (nSPS) is 9.42. The molecule has 3 rings (SSSR count). The summed E-state index contributed by atoms with van der Waals surface area (Å²) >= 11 is 0. The summed E-state index contributed by atoms with van der Waals surface area (Å²) in [5, 5.41) is 4.13. The first kappa shape index (κ1) is 15.9. The molecule has 0 aliphatic heterocycles. The van der Waals surface area contributed by atoms with Crippen LogP contribution >= 0.6 is 0 Å². The summed E-state index contributed by atoms with van der Waals surface area (Å²) < 4.78 is 1.72. The van der Waals surface area contributed by atoms with Crippen LogP contribution in [-0.2, 0) is 32.7 Å². The van der Waals surface area contributed by atoms with Crippen LogP contribution in [-0.4, -0.2) is 19.6 Å². The van der Waals surface area contributed by atoms with Gasteiger partial charge in [-0.2, -0.15) is 5.10 Å². The molecule has 0 spiro atoms. The average Bonchev–Trinajstić information content (AvgIpc) is 2.92. The van der Waals surface area contributed by atoms with Crippen LogP contribution in [0.4, 0.5) is 0 Å². The van der Waals surface area contributed by atoms with Crippen LogP contribution in [0.5, 0.6) is 0 Å². The second-order valence-corrected chi connectivity index (χ2v) is 3.52. The summed E-state index contributed by atoms with van der Waals surface area (Å²) in [6, 6.07) is 10.0. The Bertz CT molecular complexity index is 634. The Labute approximate surface area is 138 Å². The van der Waals surface area contributed by atoms with Crippen LogP contribution in [0, 0.1) is 13.1 Å². The van der Waals surface area contributed by atoms with Crippen molar-refractivity contribution in [1.82, 2.24) is 19.6 Å². The van der Waals surface area contributed by atoms with E-state index in [1.807, 2.05) is 51.1 Å². The maximum Gasteiger partial charge on any atom is 0.166 e. The topological polar surface area (TPSA) is 43.1 Å². The van der Waals surface area contributed by atoms with E-state index in [4.69, 9.17) is 0 Å². The molecule has 5 heteroatoms. The maximum absolute atomic E-state index is 4.14. The quantitative estimate of drug-likeness (QED) is 0.645. The van der Waals surface area contributed by atoms with Gasteiger partial charge in [-0.1, -0.05) is 56.7 Å². The van der Waals surface area contributed by atoms with E-state index < -0.39 is 0 Å². The van der Waals surface area contributed by atoms with Gasteiger partial charge in [0, 0.05) is 32.7 Å². The third kappa shape index (κ3) is 3.25. The van der Waals surface area contributed by atoms with Gasteiger partial charge in [0.2, 0.25) is 0 Å². The summed E-state index contributed by atoms with van der Waals surface area (Å²) in [5.74, 6) is 0.581. The molecule has 0 aliphatic rings. The number of hydrogen-bond acceptors (Lipinski definition) is 3. The number of aryl methyl sites for hydroxylation is 1. The van der Waals surface area contributed by atoms with Crippen LogP contribution < -0.4 is 0 Å². The second-order valence-electron chi connectivity index (χ2n) is 3.52. The number of hydrogen-bond donors (Lipinski definition) is 0. The van der Waals surface area contributed by atoms with Crippen LogP contribution in [0.15, 0.2) is 36.7 Å². The molecule has 2 aromatic heterocycles. The van der Waals surface area contributed by atoms with E-state index in [-0.39, 0.29) is 32.7 Å². The second kappa shape index (κ2) is 7.46. The smallest absolute Gasteiger partial charge is 0.166 e. The van der Waals surface area contributed by atoms with Gasteiger partial charge in [0.25, 0.3) is 0 Å². The molecular formula is C14H15N4Y-. The monoisotopic (exact) mass is 328 g/mol. The van der Waals surface area contributed by atoms with Gasteiger partial charge < -0.3 is 4.98 Å². The molecule has 0 atom stereocenters. The van der Waals surface area contributed by atoms with Crippen molar-refractivity contribution >= 4 is 5.78 Å². The molecular weight excluding hydrogens is 313 g/mol. The Hall–Kier alpha value is -1.13. The molecule has 0 saturated heterocycles. The Kier molecular flexibility index (Phi) is 6.25. The third-order valence-electron chi connectivity index (χ3n) is 2.54. The van der Waals surface area contributed by atoms with Gasteiger partial charge in [0.05, 0.1) is 0 Å². The van der Waals surface area contributed by atoms with Gasteiger partial charge in [0.1, 0.15) is 6.33 Å². The van der Waals surface area contributed by atoms with Gasteiger partial charge in [-0.3, -0.25) is 4.52 Å².